The number of hydrogen-bond donors (Lipinski definition) is 1. The van der Waals surface area contributed by atoms with Gasteiger partial charge in [0.15, 0.2) is 0 Å². The van der Waals surface area contributed by atoms with Gasteiger partial charge < -0.3 is 24.1 Å². The van der Waals surface area contributed by atoms with E-state index in [0.717, 1.165) is 10.6 Å². The molecule has 29 heavy (non-hydrogen) atoms. The highest BCUT2D eigenvalue weighted by atomic mass is 16.5. The Balaban J connectivity index is 1.81. The normalized spacial score (nSPS) is 14.9. The quantitative estimate of drug-likeness (QED) is 0.452. The fourth-order valence-corrected chi connectivity index (χ4v) is 2.80. The van der Waals surface area contributed by atoms with Gasteiger partial charge in [-0.3, -0.25) is 9.69 Å². The van der Waals surface area contributed by atoms with E-state index >= 15 is 0 Å². The van der Waals surface area contributed by atoms with Crippen molar-refractivity contribution < 1.29 is 28.3 Å². The average molecular weight is 399 g/mol. The fourth-order valence-electron chi connectivity index (χ4n) is 2.80. The van der Waals surface area contributed by atoms with Gasteiger partial charge in [-0.05, 0) is 30.3 Å². The molecule has 1 saturated heterocycles. The summed E-state index contributed by atoms with van der Waals surface area (Å²) in [5.41, 5.74) is 1.70. The largest absolute Gasteiger partial charge is 0.496 e. The molecule has 1 N–H and O–H groups in total. The number of furan rings is 1. The van der Waals surface area contributed by atoms with Crippen molar-refractivity contribution in [2.45, 2.75) is 6.54 Å². The molecule has 1 aliphatic rings. The summed E-state index contributed by atoms with van der Waals surface area (Å²) in [6.45, 7) is -0.115. The van der Waals surface area contributed by atoms with Gasteiger partial charge in [-0.2, -0.15) is 0 Å². The van der Waals surface area contributed by atoms with Crippen LogP contribution in [0.5, 0.6) is 5.75 Å². The number of nitrogens with zero attached hydrogens (tertiary/aromatic N) is 2. The number of amides is 3. The van der Waals surface area contributed by atoms with Crippen LogP contribution in [0.4, 0.5) is 10.5 Å². The van der Waals surface area contributed by atoms with Crippen LogP contribution in [0.3, 0.4) is 0 Å². The zero-order valence-electron chi connectivity index (χ0n) is 16.5. The second kappa shape index (κ2) is 8.09. The van der Waals surface area contributed by atoms with Crippen molar-refractivity contribution in [2.75, 3.05) is 33.2 Å². The first-order valence-electron chi connectivity index (χ1n) is 8.71. The number of carbonyl (C=O) groups excluding carboxylic acids is 3. The van der Waals surface area contributed by atoms with E-state index in [9.17, 15) is 14.4 Å². The fraction of sp³-hybridized carbons (Fsp3) is 0.250. The lowest BCUT2D eigenvalue weighted by Crippen LogP contribution is -2.30. The highest BCUT2D eigenvalue weighted by Crippen LogP contribution is 2.27. The third-order valence-electron chi connectivity index (χ3n) is 4.36. The summed E-state index contributed by atoms with van der Waals surface area (Å²) in [6, 6.07) is 7.87. The van der Waals surface area contributed by atoms with Crippen LogP contribution in [0.15, 0.2) is 40.4 Å². The van der Waals surface area contributed by atoms with Gasteiger partial charge in [-0.15, -0.1) is 0 Å². The molecule has 2 heterocycles. The first-order chi connectivity index (χ1) is 13.8. The van der Waals surface area contributed by atoms with Gasteiger partial charge in [0.05, 0.1) is 20.8 Å². The average Bonchev–Trinajstić information content (AvgIpc) is 3.28. The van der Waals surface area contributed by atoms with Crippen molar-refractivity contribution in [1.29, 1.82) is 0 Å². The van der Waals surface area contributed by atoms with Crippen LogP contribution in [0.2, 0.25) is 0 Å². The first-order valence-corrected chi connectivity index (χ1v) is 8.71. The number of hydrogen-bond acceptors (Lipinski definition) is 7. The van der Waals surface area contributed by atoms with Crippen molar-refractivity contribution in [2.24, 2.45) is 0 Å². The Bertz CT molecular complexity index is 992. The molecule has 3 rings (SSSR count). The summed E-state index contributed by atoms with van der Waals surface area (Å²) in [7, 11) is 6.59. The Kier molecular flexibility index (Phi) is 5.58. The number of urea groups is 1. The maximum absolute atomic E-state index is 12.7. The molecule has 0 aliphatic carbocycles. The van der Waals surface area contributed by atoms with E-state index in [0.29, 0.717) is 11.3 Å². The van der Waals surface area contributed by atoms with E-state index in [1.165, 1.54) is 26.4 Å². The molecule has 9 heteroatoms. The van der Waals surface area contributed by atoms with Crippen LogP contribution in [0, 0.1) is 0 Å². The maximum Gasteiger partial charge on any atom is 0.373 e. The number of carbonyl (C=O) groups is 3. The van der Waals surface area contributed by atoms with Crippen LogP contribution in [-0.4, -0.2) is 51.1 Å². The predicted molar refractivity (Wildman–Crippen MR) is 104 cm³/mol. The van der Waals surface area contributed by atoms with E-state index < -0.39 is 17.9 Å². The zero-order chi connectivity index (χ0) is 21.1. The van der Waals surface area contributed by atoms with Gasteiger partial charge in [0.25, 0.3) is 5.91 Å². The van der Waals surface area contributed by atoms with E-state index in [2.05, 4.69) is 10.1 Å². The Morgan fingerprint density at radius 3 is 2.62 bits per heavy atom. The minimum atomic E-state index is -0.637. The number of anilines is 1. The van der Waals surface area contributed by atoms with E-state index in [1.54, 1.807) is 12.1 Å². The number of methoxy groups -OCH3 is 2. The molecule has 1 aromatic carbocycles. The minimum Gasteiger partial charge on any atom is -0.496 e. The summed E-state index contributed by atoms with van der Waals surface area (Å²) in [6.07, 6.45) is 1.56. The van der Waals surface area contributed by atoms with E-state index in [-0.39, 0.29) is 23.8 Å². The highest BCUT2D eigenvalue weighted by Gasteiger charge is 2.34. The van der Waals surface area contributed by atoms with Gasteiger partial charge >= 0.3 is 12.0 Å². The van der Waals surface area contributed by atoms with Gasteiger partial charge in [-0.1, -0.05) is 0 Å². The maximum atomic E-state index is 12.7. The molecule has 0 radical (unpaired) electrons. The molecule has 2 aromatic rings. The topological polar surface area (TPSA) is 101 Å². The number of ether oxygens (including phenoxy) is 2. The lowest BCUT2D eigenvalue weighted by molar-refractivity contribution is -0.123. The second-order valence-corrected chi connectivity index (χ2v) is 6.46. The smallest absolute Gasteiger partial charge is 0.373 e. The van der Waals surface area contributed by atoms with Crippen LogP contribution < -0.4 is 15.0 Å². The molecular formula is C20H21N3O6. The molecule has 0 unspecified atom stereocenters. The van der Waals surface area contributed by atoms with Crippen molar-refractivity contribution in [3.8, 4) is 5.75 Å². The predicted octanol–water partition coefficient (Wildman–Crippen LogP) is 2.23. The molecule has 0 spiro atoms. The van der Waals surface area contributed by atoms with Crippen molar-refractivity contribution in [3.63, 3.8) is 0 Å². The summed E-state index contributed by atoms with van der Waals surface area (Å²) < 4.78 is 15.3. The molecule has 1 aliphatic heterocycles. The Morgan fingerprint density at radius 1 is 1.21 bits per heavy atom. The Hall–Kier alpha value is -3.75. The third-order valence-corrected chi connectivity index (χ3v) is 4.36. The summed E-state index contributed by atoms with van der Waals surface area (Å²) in [5.74, 6) is -0.302. The minimum absolute atomic E-state index is 0.00367. The highest BCUT2D eigenvalue weighted by molar-refractivity contribution is 6.14. The summed E-state index contributed by atoms with van der Waals surface area (Å²) in [4.78, 5) is 39.3. The SMILES string of the molecule is COC(=O)c1ccc(CN2C(=O)NC(=Cc3ccc(N(C)C)cc3OC)C2=O)o1. The summed E-state index contributed by atoms with van der Waals surface area (Å²) in [5, 5.41) is 2.55. The number of esters is 1. The molecule has 152 valence electrons. The van der Waals surface area contributed by atoms with Crippen LogP contribution >= 0.6 is 0 Å². The molecule has 9 nitrogen and oxygen atoms in total. The van der Waals surface area contributed by atoms with Crippen LogP contribution in [-0.2, 0) is 16.1 Å². The van der Waals surface area contributed by atoms with E-state index in [1.807, 2.05) is 31.1 Å². The molecular weight excluding hydrogens is 378 g/mol. The lowest BCUT2D eigenvalue weighted by atomic mass is 10.1. The Labute approximate surface area is 167 Å². The molecule has 3 amide bonds. The van der Waals surface area contributed by atoms with Crippen molar-refractivity contribution in [1.82, 2.24) is 10.2 Å². The standard InChI is InChI=1S/C20H21N3O6/c1-22(2)13-6-5-12(17(10-13)27-3)9-15-18(24)23(20(26)21-15)11-14-7-8-16(29-14)19(25)28-4/h5-10H,11H2,1-4H3,(H,21,26). The van der Waals surface area contributed by atoms with Crippen molar-refractivity contribution >= 4 is 29.7 Å². The number of rotatable bonds is 6. The van der Waals surface area contributed by atoms with Gasteiger partial charge in [-0.25, -0.2) is 9.59 Å². The first kappa shape index (κ1) is 20.0. The molecule has 0 saturated carbocycles. The second-order valence-electron chi connectivity index (χ2n) is 6.46. The molecule has 0 atom stereocenters. The zero-order valence-corrected chi connectivity index (χ0v) is 16.5. The Morgan fingerprint density at radius 2 is 1.97 bits per heavy atom. The third kappa shape index (κ3) is 4.08. The van der Waals surface area contributed by atoms with Crippen LogP contribution in [0.1, 0.15) is 21.9 Å². The van der Waals surface area contributed by atoms with E-state index in [4.69, 9.17) is 9.15 Å². The van der Waals surface area contributed by atoms with Crippen molar-refractivity contribution in [3.05, 3.63) is 53.1 Å². The monoisotopic (exact) mass is 399 g/mol. The lowest BCUT2D eigenvalue weighted by Gasteiger charge is -2.15. The number of imide groups is 1. The van der Waals surface area contributed by atoms with Gasteiger partial charge in [0, 0.05) is 31.4 Å². The molecule has 0 bridgehead atoms. The molecule has 1 fully saturated rings. The number of benzene rings is 1. The number of nitrogens with one attached hydrogen (secondary N) is 1. The molecule has 1 aromatic heterocycles. The summed E-state index contributed by atoms with van der Waals surface area (Å²) >= 11 is 0. The van der Waals surface area contributed by atoms with Gasteiger partial charge in [0.2, 0.25) is 5.76 Å². The van der Waals surface area contributed by atoms with Gasteiger partial charge in [0.1, 0.15) is 17.2 Å². The van der Waals surface area contributed by atoms with Crippen LogP contribution in [0.25, 0.3) is 6.08 Å².